The van der Waals surface area contributed by atoms with Gasteiger partial charge in [-0.25, -0.2) is 0 Å². The van der Waals surface area contributed by atoms with Crippen LogP contribution in [-0.2, 0) is 4.79 Å². The molecule has 2 aliphatic rings. The maximum Gasteiger partial charge on any atom is 0.226 e. The molecule has 5 heteroatoms. The molecule has 2 fully saturated rings. The number of amides is 1. The molecule has 1 aromatic rings. The number of benzene rings is 1. The van der Waals surface area contributed by atoms with E-state index < -0.39 is 0 Å². The molecule has 2 unspecified atom stereocenters. The SMILES string of the molecule is Cc1ccc(N(C)C(=O)CC2CC3CCC(C2)N3)cc1Cl.Cl. The Balaban J connectivity index is 0.00000176. The second-order valence-electron chi connectivity index (χ2n) is 6.57. The van der Waals surface area contributed by atoms with Crippen LogP contribution in [0.15, 0.2) is 18.2 Å². The highest BCUT2D eigenvalue weighted by Crippen LogP contribution is 2.33. The largest absolute Gasteiger partial charge is 0.315 e. The minimum Gasteiger partial charge on any atom is -0.315 e. The van der Waals surface area contributed by atoms with Gasteiger partial charge in [0.15, 0.2) is 0 Å². The van der Waals surface area contributed by atoms with E-state index in [1.165, 1.54) is 12.8 Å². The van der Waals surface area contributed by atoms with Crippen molar-refractivity contribution >= 4 is 35.6 Å². The summed E-state index contributed by atoms with van der Waals surface area (Å²) in [6.45, 7) is 1.97. The monoisotopic (exact) mass is 342 g/mol. The molecule has 1 N–H and O–H groups in total. The lowest BCUT2D eigenvalue weighted by Crippen LogP contribution is -2.40. The fraction of sp³-hybridized carbons (Fsp3) is 0.588. The Kier molecular flexibility index (Phi) is 5.76. The van der Waals surface area contributed by atoms with Crippen molar-refractivity contribution in [3.63, 3.8) is 0 Å². The van der Waals surface area contributed by atoms with Gasteiger partial charge in [-0.05, 0) is 56.2 Å². The lowest BCUT2D eigenvalue weighted by molar-refractivity contribution is -0.119. The summed E-state index contributed by atoms with van der Waals surface area (Å²) in [6, 6.07) is 7.08. The first-order valence-electron chi connectivity index (χ1n) is 7.81. The Hall–Kier alpha value is -0.770. The Morgan fingerprint density at radius 3 is 2.55 bits per heavy atom. The van der Waals surface area contributed by atoms with Crippen LogP contribution in [-0.4, -0.2) is 25.0 Å². The molecule has 2 heterocycles. The Morgan fingerprint density at radius 2 is 1.95 bits per heavy atom. The predicted molar refractivity (Wildman–Crippen MR) is 94.1 cm³/mol. The van der Waals surface area contributed by atoms with Crippen LogP contribution in [0, 0.1) is 12.8 Å². The van der Waals surface area contributed by atoms with Gasteiger partial charge in [0.05, 0.1) is 0 Å². The minimum atomic E-state index is 0. The number of anilines is 1. The molecule has 2 saturated heterocycles. The third-order valence-corrected chi connectivity index (χ3v) is 5.36. The second kappa shape index (κ2) is 7.20. The molecule has 3 nitrogen and oxygen atoms in total. The van der Waals surface area contributed by atoms with E-state index in [0.29, 0.717) is 29.4 Å². The Morgan fingerprint density at radius 1 is 1.32 bits per heavy atom. The van der Waals surface area contributed by atoms with Crippen LogP contribution in [0.5, 0.6) is 0 Å². The summed E-state index contributed by atoms with van der Waals surface area (Å²) >= 11 is 6.15. The Labute approximate surface area is 143 Å². The molecule has 0 saturated carbocycles. The summed E-state index contributed by atoms with van der Waals surface area (Å²) in [5.41, 5.74) is 1.92. The van der Waals surface area contributed by atoms with Gasteiger partial charge >= 0.3 is 0 Å². The maximum absolute atomic E-state index is 12.5. The van der Waals surface area contributed by atoms with E-state index >= 15 is 0 Å². The van der Waals surface area contributed by atoms with Crippen LogP contribution in [0.3, 0.4) is 0 Å². The number of carbonyl (C=O) groups excluding carboxylic acids is 1. The van der Waals surface area contributed by atoms with E-state index in [1.54, 1.807) is 4.90 Å². The lowest BCUT2D eigenvalue weighted by atomic mass is 9.89. The molecule has 0 aromatic heterocycles. The summed E-state index contributed by atoms with van der Waals surface area (Å²) in [6.07, 6.45) is 5.49. The number of halogens is 2. The van der Waals surface area contributed by atoms with E-state index in [-0.39, 0.29) is 18.3 Å². The van der Waals surface area contributed by atoms with Gasteiger partial charge < -0.3 is 10.2 Å². The van der Waals surface area contributed by atoms with Crippen LogP contribution >= 0.6 is 24.0 Å². The summed E-state index contributed by atoms with van der Waals surface area (Å²) < 4.78 is 0. The molecule has 1 aromatic carbocycles. The molecule has 2 atom stereocenters. The van der Waals surface area contributed by atoms with E-state index in [2.05, 4.69) is 5.32 Å². The second-order valence-corrected chi connectivity index (χ2v) is 6.97. The number of hydrogen-bond acceptors (Lipinski definition) is 2. The lowest BCUT2D eigenvalue weighted by Gasteiger charge is -2.30. The van der Waals surface area contributed by atoms with E-state index in [0.717, 1.165) is 24.1 Å². The highest BCUT2D eigenvalue weighted by molar-refractivity contribution is 6.31. The number of aryl methyl sites for hydroxylation is 1. The molecule has 3 rings (SSSR count). The fourth-order valence-electron chi connectivity index (χ4n) is 3.66. The first-order valence-corrected chi connectivity index (χ1v) is 8.19. The van der Waals surface area contributed by atoms with Crippen LogP contribution in [0.1, 0.15) is 37.7 Å². The van der Waals surface area contributed by atoms with Crippen molar-refractivity contribution in [1.82, 2.24) is 5.32 Å². The summed E-state index contributed by atoms with van der Waals surface area (Å²) in [4.78, 5) is 14.2. The van der Waals surface area contributed by atoms with Crippen molar-refractivity contribution in [3.05, 3.63) is 28.8 Å². The van der Waals surface area contributed by atoms with Crippen LogP contribution in [0.2, 0.25) is 5.02 Å². The highest BCUT2D eigenvalue weighted by Gasteiger charge is 2.34. The van der Waals surface area contributed by atoms with Gasteiger partial charge in [0.25, 0.3) is 0 Å². The van der Waals surface area contributed by atoms with Gasteiger partial charge in [-0.1, -0.05) is 17.7 Å². The van der Waals surface area contributed by atoms with Gasteiger partial charge in [-0.2, -0.15) is 0 Å². The summed E-state index contributed by atoms with van der Waals surface area (Å²) in [5.74, 6) is 0.723. The molecule has 2 bridgehead atoms. The van der Waals surface area contributed by atoms with Gasteiger partial charge in [0.2, 0.25) is 5.91 Å². The number of rotatable bonds is 3. The quantitative estimate of drug-likeness (QED) is 0.901. The zero-order valence-corrected chi connectivity index (χ0v) is 14.7. The third-order valence-electron chi connectivity index (χ3n) is 4.95. The van der Waals surface area contributed by atoms with E-state index in [1.807, 2.05) is 32.2 Å². The van der Waals surface area contributed by atoms with Crippen LogP contribution < -0.4 is 10.2 Å². The van der Waals surface area contributed by atoms with Crippen LogP contribution in [0.25, 0.3) is 0 Å². The normalized spacial score (nSPS) is 26.4. The van der Waals surface area contributed by atoms with Crippen molar-refractivity contribution in [2.24, 2.45) is 5.92 Å². The standard InChI is InChI=1S/C17H23ClN2O.ClH/c1-11-3-6-15(10-16(11)18)20(2)17(21)9-12-7-13-4-5-14(8-12)19-13;/h3,6,10,12-14,19H,4-5,7-9H2,1-2H3;1H. The topological polar surface area (TPSA) is 32.3 Å². The number of fused-ring (bicyclic) bond motifs is 2. The van der Waals surface area contributed by atoms with Crippen molar-refractivity contribution in [1.29, 1.82) is 0 Å². The molecular formula is C17H24Cl2N2O. The maximum atomic E-state index is 12.5. The number of piperidine rings is 1. The molecule has 0 spiro atoms. The zero-order chi connectivity index (χ0) is 15.0. The molecular weight excluding hydrogens is 319 g/mol. The highest BCUT2D eigenvalue weighted by atomic mass is 35.5. The fourth-order valence-corrected chi connectivity index (χ4v) is 3.83. The molecule has 2 aliphatic heterocycles. The summed E-state index contributed by atoms with van der Waals surface area (Å²) in [7, 11) is 1.85. The van der Waals surface area contributed by atoms with Gasteiger partial charge in [0, 0.05) is 36.3 Å². The van der Waals surface area contributed by atoms with Gasteiger partial charge in [0.1, 0.15) is 0 Å². The van der Waals surface area contributed by atoms with E-state index in [9.17, 15) is 4.79 Å². The van der Waals surface area contributed by atoms with Crippen molar-refractivity contribution in [2.75, 3.05) is 11.9 Å². The van der Waals surface area contributed by atoms with Crippen LogP contribution in [0.4, 0.5) is 5.69 Å². The zero-order valence-electron chi connectivity index (χ0n) is 13.1. The average Bonchev–Trinajstić information content (AvgIpc) is 2.80. The van der Waals surface area contributed by atoms with Crippen molar-refractivity contribution in [2.45, 2.75) is 51.1 Å². The third kappa shape index (κ3) is 3.76. The number of nitrogens with zero attached hydrogens (tertiary/aromatic N) is 1. The van der Waals surface area contributed by atoms with E-state index in [4.69, 9.17) is 11.6 Å². The average molecular weight is 343 g/mol. The molecule has 0 radical (unpaired) electrons. The number of nitrogens with one attached hydrogen (secondary N) is 1. The first-order chi connectivity index (χ1) is 10.0. The van der Waals surface area contributed by atoms with Crippen molar-refractivity contribution in [3.8, 4) is 0 Å². The minimum absolute atomic E-state index is 0. The molecule has 1 amide bonds. The van der Waals surface area contributed by atoms with Gasteiger partial charge in [-0.3, -0.25) is 4.79 Å². The van der Waals surface area contributed by atoms with Gasteiger partial charge in [-0.15, -0.1) is 12.4 Å². The first kappa shape index (κ1) is 17.6. The molecule has 122 valence electrons. The molecule has 0 aliphatic carbocycles. The Bertz CT molecular complexity index is 537. The summed E-state index contributed by atoms with van der Waals surface area (Å²) in [5, 5.41) is 4.34. The predicted octanol–water partition coefficient (Wildman–Crippen LogP) is 3.95. The van der Waals surface area contributed by atoms with Crippen molar-refractivity contribution < 1.29 is 4.79 Å². The molecule has 22 heavy (non-hydrogen) atoms. The smallest absolute Gasteiger partial charge is 0.226 e. The number of carbonyl (C=O) groups is 1. The number of hydrogen-bond donors (Lipinski definition) is 1.